The molecule has 8 nitrogen and oxygen atoms in total. The van der Waals surface area contributed by atoms with E-state index in [0.29, 0.717) is 28.3 Å². The van der Waals surface area contributed by atoms with E-state index in [1.165, 1.54) is 12.1 Å². The highest BCUT2D eigenvalue weighted by Crippen LogP contribution is 2.30. The van der Waals surface area contributed by atoms with Crippen molar-refractivity contribution >= 4 is 17.2 Å². The maximum Gasteiger partial charge on any atom is 0.251 e. The minimum absolute atomic E-state index is 0.0679. The molecule has 0 saturated heterocycles. The van der Waals surface area contributed by atoms with Gasteiger partial charge in [0.2, 0.25) is 5.88 Å². The van der Waals surface area contributed by atoms with Gasteiger partial charge in [0.1, 0.15) is 11.6 Å². The van der Waals surface area contributed by atoms with Crippen LogP contribution in [0, 0.1) is 12.7 Å². The molecule has 4 aromatic rings. The molecule has 1 fully saturated rings. The number of amides is 1. The normalized spacial score (nSPS) is 13.6. The van der Waals surface area contributed by atoms with Crippen LogP contribution in [-0.2, 0) is 0 Å². The predicted octanol–water partition coefficient (Wildman–Crippen LogP) is 4.71. The van der Waals surface area contributed by atoms with Crippen LogP contribution in [0.25, 0.3) is 16.9 Å². The van der Waals surface area contributed by atoms with Crippen LogP contribution in [0.4, 0.5) is 10.1 Å². The molecule has 0 radical (unpaired) electrons. The third-order valence-corrected chi connectivity index (χ3v) is 5.85. The maximum absolute atomic E-state index is 13.7. The number of aliphatic hydroxyl groups is 1. The van der Waals surface area contributed by atoms with Gasteiger partial charge in [-0.25, -0.2) is 13.9 Å². The van der Waals surface area contributed by atoms with Crippen molar-refractivity contribution in [3.63, 3.8) is 0 Å². The van der Waals surface area contributed by atoms with E-state index in [-0.39, 0.29) is 24.4 Å². The fourth-order valence-corrected chi connectivity index (χ4v) is 3.85. The molecule has 0 bridgehead atoms. The molecule has 0 atom stereocenters. The van der Waals surface area contributed by atoms with E-state index in [0.717, 1.165) is 24.0 Å². The molecule has 5 rings (SSSR count). The Morgan fingerprint density at radius 1 is 1.22 bits per heavy atom. The highest BCUT2D eigenvalue weighted by Gasteiger charge is 2.25. The van der Waals surface area contributed by atoms with Gasteiger partial charge in [-0.3, -0.25) is 4.79 Å². The number of aromatic nitrogens is 3. The molecule has 0 aliphatic heterocycles. The molecule has 1 aliphatic carbocycles. The van der Waals surface area contributed by atoms with Gasteiger partial charge in [-0.1, -0.05) is 12.1 Å². The Bertz CT molecular complexity index is 1440. The summed E-state index contributed by atoms with van der Waals surface area (Å²) in [5, 5.41) is 21.1. The molecule has 9 heteroatoms. The zero-order valence-electron chi connectivity index (χ0n) is 20.4. The van der Waals surface area contributed by atoms with E-state index in [1.807, 2.05) is 25.1 Å². The Morgan fingerprint density at radius 3 is 2.72 bits per heavy atom. The minimum atomic E-state index is -0.965. The number of carbonyl (C=O) groups is 1. The van der Waals surface area contributed by atoms with Gasteiger partial charge >= 0.3 is 0 Å². The van der Waals surface area contributed by atoms with E-state index in [9.17, 15) is 14.3 Å². The lowest BCUT2D eigenvalue weighted by Gasteiger charge is -2.19. The summed E-state index contributed by atoms with van der Waals surface area (Å²) in [5.74, 6) is 0.0434. The van der Waals surface area contributed by atoms with Crippen LogP contribution >= 0.6 is 0 Å². The zero-order valence-corrected chi connectivity index (χ0v) is 20.4. The number of aryl methyl sites for hydroxylation is 1. The van der Waals surface area contributed by atoms with E-state index in [2.05, 4.69) is 20.7 Å². The second-order valence-electron chi connectivity index (χ2n) is 9.78. The van der Waals surface area contributed by atoms with Gasteiger partial charge in [0, 0.05) is 35.8 Å². The number of nitrogens with zero attached hydrogens (tertiary/aromatic N) is 3. The third-order valence-electron chi connectivity index (χ3n) is 5.85. The first-order valence-electron chi connectivity index (χ1n) is 11.9. The number of ether oxygens (including phenoxy) is 1. The Labute approximate surface area is 208 Å². The Hall–Kier alpha value is -3.98. The summed E-state index contributed by atoms with van der Waals surface area (Å²) in [6.07, 6.45) is 3.75. The number of benzene rings is 2. The average molecular weight is 490 g/mol. The topological polar surface area (TPSA) is 101 Å². The van der Waals surface area contributed by atoms with Gasteiger partial charge in [0.15, 0.2) is 5.65 Å². The van der Waals surface area contributed by atoms with Crippen molar-refractivity contribution in [3.05, 3.63) is 71.7 Å². The van der Waals surface area contributed by atoms with Crippen LogP contribution in [0.1, 0.15) is 42.6 Å². The molecule has 0 spiro atoms. The molecule has 186 valence electrons. The number of rotatable bonds is 8. The summed E-state index contributed by atoms with van der Waals surface area (Å²) < 4.78 is 21.2. The number of anilines is 1. The molecule has 3 N–H and O–H groups in total. The third kappa shape index (κ3) is 5.31. The lowest BCUT2D eigenvalue weighted by atomic mass is 10.0. The molecule has 2 heterocycles. The van der Waals surface area contributed by atoms with E-state index in [4.69, 9.17) is 4.74 Å². The second-order valence-corrected chi connectivity index (χ2v) is 9.78. The number of hydrogen-bond donors (Lipinski definition) is 3. The van der Waals surface area contributed by atoms with Crippen molar-refractivity contribution in [1.29, 1.82) is 0 Å². The highest BCUT2D eigenvalue weighted by atomic mass is 19.1. The number of imidazole rings is 1. The van der Waals surface area contributed by atoms with Crippen LogP contribution in [0.3, 0.4) is 0 Å². The maximum atomic E-state index is 13.7. The van der Waals surface area contributed by atoms with E-state index >= 15 is 0 Å². The van der Waals surface area contributed by atoms with Gasteiger partial charge in [0.05, 0.1) is 23.2 Å². The molecule has 36 heavy (non-hydrogen) atoms. The van der Waals surface area contributed by atoms with Gasteiger partial charge < -0.3 is 20.5 Å². The fraction of sp³-hybridized carbons (Fsp3) is 0.296. The first kappa shape index (κ1) is 23.7. The Morgan fingerprint density at radius 2 is 2.03 bits per heavy atom. The molecular weight excluding hydrogens is 461 g/mol. The van der Waals surface area contributed by atoms with Crippen LogP contribution in [0.15, 0.2) is 54.7 Å². The standard InChI is InChI=1S/C27H28FN5O3/c1-16-11-17(7-10-21(16)26(34)31-19-8-9-19)23-14-29-25-22(30-15-27(2,3)35)13-24(32-33(23)25)36-20-6-4-5-18(28)12-20/h4-7,10-14,19,30,35H,8-9,15H2,1-3H3,(H,31,34). The first-order valence-corrected chi connectivity index (χ1v) is 11.9. The number of carbonyl (C=O) groups excluding carboxylic acids is 1. The summed E-state index contributed by atoms with van der Waals surface area (Å²) in [4.78, 5) is 17.1. The van der Waals surface area contributed by atoms with Crippen LogP contribution in [0.2, 0.25) is 0 Å². The van der Waals surface area contributed by atoms with Crippen molar-refractivity contribution in [1.82, 2.24) is 19.9 Å². The summed E-state index contributed by atoms with van der Waals surface area (Å²) in [7, 11) is 0. The smallest absolute Gasteiger partial charge is 0.251 e. The lowest BCUT2D eigenvalue weighted by molar-refractivity contribution is 0.0940. The van der Waals surface area contributed by atoms with Gasteiger partial charge in [-0.05, 0) is 63.4 Å². The number of hydrogen-bond acceptors (Lipinski definition) is 6. The zero-order chi connectivity index (χ0) is 25.4. The predicted molar refractivity (Wildman–Crippen MR) is 135 cm³/mol. The van der Waals surface area contributed by atoms with Crippen LogP contribution in [0.5, 0.6) is 11.6 Å². The highest BCUT2D eigenvalue weighted by molar-refractivity contribution is 5.96. The van der Waals surface area contributed by atoms with Gasteiger partial charge in [0.25, 0.3) is 5.91 Å². The summed E-state index contributed by atoms with van der Waals surface area (Å²) >= 11 is 0. The van der Waals surface area contributed by atoms with Crippen LogP contribution in [-0.4, -0.2) is 43.8 Å². The minimum Gasteiger partial charge on any atom is -0.437 e. The van der Waals surface area contributed by atoms with E-state index in [1.54, 1.807) is 42.8 Å². The lowest BCUT2D eigenvalue weighted by Crippen LogP contribution is -2.29. The summed E-state index contributed by atoms with van der Waals surface area (Å²) in [5.41, 5.74) is 3.16. The van der Waals surface area contributed by atoms with Crippen molar-refractivity contribution in [2.45, 2.75) is 45.3 Å². The van der Waals surface area contributed by atoms with Crippen molar-refractivity contribution in [3.8, 4) is 22.9 Å². The molecular formula is C27H28FN5O3. The van der Waals surface area contributed by atoms with Gasteiger partial charge in [-0.15, -0.1) is 5.10 Å². The number of halogens is 1. The number of nitrogens with one attached hydrogen (secondary N) is 2. The SMILES string of the molecule is Cc1cc(-c2cnc3c(NCC(C)(C)O)cc(Oc4cccc(F)c4)nn23)ccc1C(=O)NC1CC1. The Kier molecular flexibility index (Phi) is 6.09. The summed E-state index contributed by atoms with van der Waals surface area (Å²) in [6, 6.07) is 13.4. The number of fused-ring (bicyclic) bond motifs is 1. The average Bonchev–Trinajstić information content (AvgIpc) is 3.52. The summed E-state index contributed by atoms with van der Waals surface area (Å²) in [6.45, 7) is 5.56. The molecule has 2 aromatic heterocycles. The molecule has 0 unspecified atom stereocenters. The first-order chi connectivity index (χ1) is 17.2. The van der Waals surface area contributed by atoms with Crippen LogP contribution < -0.4 is 15.4 Å². The molecule has 1 amide bonds. The molecule has 1 saturated carbocycles. The van der Waals surface area contributed by atoms with Crippen molar-refractivity contribution in [2.75, 3.05) is 11.9 Å². The monoisotopic (exact) mass is 489 g/mol. The van der Waals surface area contributed by atoms with E-state index < -0.39 is 11.4 Å². The van der Waals surface area contributed by atoms with Crippen molar-refractivity contribution in [2.24, 2.45) is 0 Å². The largest absolute Gasteiger partial charge is 0.437 e. The second kappa shape index (κ2) is 9.23. The fourth-order valence-electron chi connectivity index (χ4n) is 3.85. The van der Waals surface area contributed by atoms with Gasteiger partial charge in [-0.2, -0.15) is 0 Å². The quantitative estimate of drug-likeness (QED) is 0.331. The molecule has 2 aromatic carbocycles. The molecule has 1 aliphatic rings. The Balaban J connectivity index is 1.54. The van der Waals surface area contributed by atoms with Crippen molar-refractivity contribution < 1.29 is 19.0 Å².